The van der Waals surface area contributed by atoms with Crippen LogP contribution < -0.4 is 11.1 Å². The monoisotopic (exact) mass is 649 g/mol. The lowest BCUT2D eigenvalue weighted by Crippen LogP contribution is -2.46. The number of unbranched alkanes of at least 4 members (excludes halogenated alkanes) is 23. The number of nitrogens with two attached hydrogens (primary N) is 1. The highest BCUT2D eigenvalue weighted by molar-refractivity contribution is 7.47. The number of carbonyl (C=O) groups is 1. The SMILES string of the molecule is CCCCCCCCCCCCCCCC(=O)NC(COP(=O)(O)OCCN)C(O)CCCCCCCCCCCCCC. The molecule has 0 saturated carbocycles. The van der Waals surface area contributed by atoms with Crippen LogP contribution in [0.4, 0.5) is 0 Å². The van der Waals surface area contributed by atoms with Gasteiger partial charge in [0.15, 0.2) is 0 Å². The quantitative estimate of drug-likeness (QED) is 0.0398. The molecule has 0 aromatic heterocycles. The van der Waals surface area contributed by atoms with Gasteiger partial charge in [0.1, 0.15) is 0 Å². The largest absolute Gasteiger partial charge is 0.472 e. The molecule has 3 atom stereocenters. The van der Waals surface area contributed by atoms with Crippen molar-refractivity contribution in [1.82, 2.24) is 5.32 Å². The molecule has 3 unspecified atom stereocenters. The van der Waals surface area contributed by atoms with Crippen molar-refractivity contribution < 1.29 is 28.4 Å². The minimum atomic E-state index is -4.30. The number of aliphatic hydroxyl groups excluding tert-OH is 1. The van der Waals surface area contributed by atoms with E-state index >= 15 is 0 Å². The van der Waals surface area contributed by atoms with Gasteiger partial charge in [-0.2, -0.15) is 0 Å². The van der Waals surface area contributed by atoms with Crippen molar-refractivity contribution in [2.45, 2.75) is 199 Å². The smallest absolute Gasteiger partial charge is 0.391 e. The predicted octanol–water partition coefficient (Wildman–Crippen LogP) is 9.50. The molecule has 0 spiro atoms. The van der Waals surface area contributed by atoms with Crippen LogP contribution in [0.1, 0.15) is 187 Å². The molecule has 0 aliphatic carbocycles. The average molecular weight is 649 g/mol. The van der Waals surface area contributed by atoms with Crippen molar-refractivity contribution >= 4 is 13.7 Å². The first-order chi connectivity index (χ1) is 21.4. The number of nitrogens with one attached hydrogen (secondary N) is 1. The van der Waals surface area contributed by atoms with Gasteiger partial charge >= 0.3 is 7.82 Å². The summed E-state index contributed by atoms with van der Waals surface area (Å²) in [6, 6.07) is -0.765. The zero-order valence-corrected chi connectivity index (χ0v) is 29.8. The summed E-state index contributed by atoms with van der Waals surface area (Å²) in [4.78, 5) is 22.6. The van der Waals surface area contributed by atoms with E-state index in [4.69, 9.17) is 14.8 Å². The van der Waals surface area contributed by atoms with Crippen molar-refractivity contribution in [2.24, 2.45) is 5.73 Å². The standard InChI is InChI=1S/C35H73N2O6P/c1-3-5-7-9-11-13-15-17-19-21-23-25-27-29-35(39)37-33(32-43-44(40,41)42-31-30-36)34(38)28-26-24-22-20-18-16-14-12-10-8-6-4-2/h33-34,38H,3-32,36H2,1-2H3,(H,37,39)(H,40,41). The van der Waals surface area contributed by atoms with Crippen LogP contribution >= 0.6 is 7.82 Å². The molecule has 0 rings (SSSR count). The molecule has 5 N–H and O–H groups in total. The normalized spacial score (nSPS) is 14.4. The fraction of sp³-hybridized carbons (Fsp3) is 0.971. The molecule has 0 aliphatic heterocycles. The second-order valence-corrected chi connectivity index (χ2v) is 14.3. The Morgan fingerprint density at radius 1 is 0.659 bits per heavy atom. The Morgan fingerprint density at radius 2 is 1.05 bits per heavy atom. The number of rotatable bonds is 35. The van der Waals surface area contributed by atoms with E-state index in [1.54, 1.807) is 0 Å². The minimum absolute atomic E-state index is 0.0920. The van der Waals surface area contributed by atoms with E-state index in [1.807, 2.05) is 0 Å². The number of phosphoric acid groups is 1. The molecule has 0 aromatic carbocycles. The molecule has 0 fully saturated rings. The lowest BCUT2D eigenvalue weighted by molar-refractivity contribution is -0.123. The first kappa shape index (κ1) is 43.5. The van der Waals surface area contributed by atoms with Gasteiger partial charge < -0.3 is 21.1 Å². The maximum absolute atomic E-state index is 12.7. The van der Waals surface area contributed by atoms with Gasteiger partial charge in [0.2, 0.25) is 5.91 Å². The molecular formula is C35H73N2O6P. The molecule has 0 saturated heterocycles. The predicted molar refractivity (Wildman–Crippen MR) is 185 cm³/mol. The minimum Gasteiger partial charge on any atom is -0.391 e. The van der Waals surface area contributed by atoms with Crippen molar-refractivity contribution in [2.75, 3.05) is 19.8 Å². The maximum Gasteiger partial charge on any atom is 0.472 e. The van der Waals surface area contributed by atoms with Crippen LogP contribution in [-0.2, 0) is 18.4 Å². The Kier molecular flexibility index (Phi) is 32.1. The van der Waals surface area contributed by atoms with E-state index in [2.05, 4.69) is 19.2 Å². The van der Waals surface area contributed by atoms with E-state index in [0.29, 0.717) is 12.8 Å². The Bertz CT molecular complexity index is 669. The van der Waals surface area contributed by atoms with Crippen molar-refractivity contribution in [3.05, 3.63) is 0 Å². The lowest BCUT2D eigenvalue weighted by Gasteiger charge is -2.25. The van der Waals surface area contributed by atoms with E-state index in [0.717, 1.165) is 38.5 Å². The Hall–Kier alpha value is -0.500. The van der Waals surface area contributed by atoms with E-state index in [-0.39, 0.29) is 25.7 Å². The number of hydrogen-bond donors (Lipinski definition) is 4. The van der Waals surface area contributed by atoms with Gasteiger partial charge in [0, 0.05) is 13.0 Å². The summed E-state index contributed by atoms with van der Waals surface area (Å²) in [5.74, 6) is -0.161. The Morgan fingerprint density at radius 3 is 1.45 bits per heavy atom. The van der Waals surface area contributed by atoms with E-state index in [1.165, 1.54) is 122 Å². The number of phosphoric ester groups is 1. The highest BCUT2D eigenvalue weighted by Gasteiger charge is 2.27. The summed E-state index contributed by atoms with van der Waals surface area (Å²) in [5.41, 5.74) is 5.35. The van der Waals surface area contributed by atoms with Gasteiger partial charge in [-0.3, -0.25) is 13.8 Å². The van der Waals surface area contributed by atoms with Crippen LogP contribution in [0.25, 0.3) is 0 Å². The summed E-state index contributed by atoms with van der Waals surface area (Å²) in [6.45, 7) is 4.20. The van der Waals surface area contributed by atoms with Gasteiger partial charge in [-0.05, 0) is 12.8 Å². The summed E-state index contributed by atoms with van der Waals surface area (Å²) in [6.07, 6.45) is 31.0. The topological polar surface area (TPSA) is 131 Å². The lowest BCUT2D eigenvalue weighted by atomic mass is 10.0. The summed E-state index contributed by atoms with van der Waals surface area (Å²) in [7, 11) is -4.30. The number of aliphatic hydroxyl groups is 1. The average Bonchev–Trinajstić information content (AvgIpc) is 3.01. The third kappa shape index (κ3) is 30.2. The second kappa shape index (κ2) is 32.4. The van der Waals surface area contributed by atoms with Crippen LogP contribution in [0.3, 0.4) is 0 Å². The highest BCUT2D eigenvalue weighted by atomic mass is 31.2. The fourth-order valence-corrected chi connectivity index (χ4v) is 6.37. The summed E-state index contributed by atoms with van der Waals surface area (Å²) < 4.78 is 22.1. The molecule has 9 heteroatoms. The summed E-state index contributed by atoms with van der Waals surface area (Å²) >= 11 is 0. The molecule has 44 heavy (non-hydrogen) atoms. The Labute approximate surface area is 272 Å². The molecule has 8 nitrogen and oxygen atoms in total. The second-order valence-electron chi connectivity index (χ2n) is 12.8. The van der Waals surface area contributed by atoms with Gasteiger partial charge in [0.25, 0.3) is 0 Å². The number of carbonyl (C=O) groups excluding carboxylic acids is 1. The molecule has 0 heterocycles. The first-order valence-corrected chi connectivity index (χ1v) is 20.1. The third-order valence-corrected chi connectivity index (χ3v) is 9.45. The van der Waals surface area contributed by atoms with Crippen LogP contribution in [0.5, 0.6) is 0 Å². The molecule has 0 bridgehead atoms. The number of hydrogen-bond acceptors (Lipinski definition) is 6. The van der Waals surface area contributed by atoms with Gasteiger partial charge in [-0.15, -0.1) is 0 Å². The van der Waals surface area contributed by atoms with Crippen LogP contribution in [0.15, 0.2) is 0 Å². The first-order valence-electron chi connectivity index (χ1n) is 18.7. The van der Waals surface area contributed by atoms with Gasteiger partial charge in [-0.25, -0.2) is 4.57 Å². The highest BCUT2D eigenvalue weighted by Crippen LogP contribution is 2.43. The molecule has 264 valence electrons. The van der Waals surface area contributed by atoms with Crippen LogP contribution in [-0.4, -0.2) is 47.8 Å². The fourth-order valence-electron chi connectivity index (χ4n) is 5.61. The number of amides is 1. The van der Waals surface area contributed by atoms with Crippen LogP contribution in [0, 0.1) is 0 Å². The van der Waals surface area contributed by atoms with Crippen molar-refractivity contribution in [1.29, 1.82) is 0 Å². The van der Waals surface area contributed by atoms with Crippen molar-refractivity contribution in [3.63, 3.8) is 0 Å². The van der Waals surface area contributed by atoms with E-state index in [9.17, 15) is 19.4 Å². The maximum atomic E-state index is 12.7. The van der Waals surface area contributed by atoms with Gasteiger partial charge in [-0.1, -0.05) is 168 Å². The Balaban J connectivity index is 4.24. The molecule has 0 radical (unpaired) electrons. The zero-order chi connectivity index (χ0) is 32.6. The molecular weight excluding hydrogens is 575 g/mol. The van der Waals surface area contributed by atoms with Crippen LogP contribution in [0.2, 0.25) is 0 Å². The third-order valence-electron chi connectivity index (χ3n) is 8.46. The van der Waals surface area contributed by atoms with Gasteiger partial charge in [0.05, 0.1) is 25.4 Å². The molecule has 1 amide bonds. The van der Waals surface area contributed by atoms with E-state index < -0.39 is 20.0 Å². The molecule has 0 aliphatic rings. The molecule has 0 aromatic rings. The summed E-state index contributed by atoms with van der Waals surface area (Å²) in [5, 5.41) is 13.7. The zero-order valence-electron chi connectivity index (χ0n) is 28.9. The van der Waals surface area contributed by atoms with Crippen molar-refractivity contribution in [3.8, 4) is 0 Å².